The first-order valence-corrected chi connectivity index (χ1v) is 7.01. The summed E-state index contributed by atoms with van der Waals surface area (Å²) in [7, 11) is 0. The molecule has 2 aromatic rings. The number of likely N-dealkylation sites (tertiary alicyclic amines) is 1. The molecule has 0 spiro atoms. The second kappa shape index (κ2) is 5.59. The van der Waals surface area contributed by atoms with Crippen molar-refractivity contribution in [2.45, 2.75) is 19.4 Å². The lowest BCUT2D eigenvalue weighted by Gasteiger charge is -2.30. The fraction of sp³-hybridized carbons (Fsp3) is 0.375. The van der Waals surface area contributed by atoms with E-state index in [1.165, 1.54) is 5.56 Å². The van der Waals surface area contributed by atoms with Gasteiger partial charge in [-0.05, 0) is 43.1 Å². The first-order chi connectivity index (χ1) is 9.72. The van der Waals surface area contributed by atoms with Gasteiger partial charge in [-0.3, -0.25) is 14.7 Å². The van der Waals surface area contributed by atoms with Crippen LogP contribution in [-0.2, 0) is 11.3 Å². The maximum absolute atomic E-state index is 11.1. The highest BCUT2D eigenvalue weighted by molar-refractivity contribution is 5.78. The SMILES string of the molecule is O=C(O)C1CCCN(Cc2ccc3ncccc3c2)C1. The van der Waals surface area contributed by atoms with Crippen LogP contribution in [0.2, 0.25) is 0 Å². The molecule has 1 aliphatic rings. The second-order valence-electron chi connectivity index (χ2n) is 5.44. The van der Waals surface area contributed by atoms with Crippen LogP contribution < -0.4 is 0 Å². The Balaban J connectivity index is 1.74. The molecule has 4 heteroatoms. The van der Waals surface area contributed by atoms with Gasteiger partial charge >= 0.3 is 5.97 Å². The fourth-order valence-corrected chi connectivity index (χ4v) is 2.88. The third-order valence-electron chi connectivity index (χ3n) is 3.93. The van der Waals surface area contributed by atoms with Crippen LogP contribution >= 0.6 is 0 Å². The zero-order chi connectivity index (χ0) is 13.9. The van der Waals surface area contributed by atoms with E-state index in [1.807, 2.05) is 12.1 Å². The van der Waals surface area contributed by atoms with Crippen LogP contribution in [0, 0.1) is 5.92 Å². The van der Waals surface area contributed by atoms with E-state index in [1.54, 1.807) is 6.20 Å². The molecule has 1 fully saturated rings. The number of nitrogens with zero attached hydrogens (tertiary/aromatic N) is 2. The molecule has 0 bridgehead atoms. The van der Waals surface area contributed by atoms with Crippen molar-refractivity contribution in [1.82, 2.24) is 9.88 Å². The molecule has 1 atom stereocenters. The Morgan fingerprint density at radius 3 is 3.15 bits per heavy atom. The van der Waals surface area contributed by atoms with E-state index in [0.717, 1.165) is 36.8 Å². The van der Waals surface area contributed by atoms with Gasteiger partial charge < -0.3 is 5.11 Å². The molecule has 4 nitrogen and oxygen atoms in total. The van der Waals surface area contributed by atoms with Crippen LogP contribution in [0.25, 0.3) is 10.9 Å². The lowest BCUT2D eigenvalue weighted by atomic mass is 9.98. The second-order valence-corrected chi connectivity index (χ2v) is 5.44. The van der Waals surface area contributed by atoms with Gasteiger partial charge in [0.05, 0.1) is 11.4 Å². The average Bonchev–Trinajstić information content (AvgIpc) is 2.47. The number of carbonyl (C=O) groups is 1. The molecular weight excluding hydrogens is 252 g/mol. The minimum absolute atomic E-state index is 0.217. The minimum Gasteiger partial charge on any atom is -0.481 e. The van der Waals surface area contributed by atoms with Crippen molar-refractivity contribution < 1.29 is 9.90 Å². The summed E-state index contributed by atoms with van der Waals surface area (Å²) in [6.07, 6.45) is 3.56. The summed E-state index contributed by atoms with van der Waals surface area (Å²) >= 11 is 0. The molecule has 0 radical (unpaired) electrons. The summed E-state index contributed by atoms with van der Waals surface area (Å²) in [6, 6.07) is 10.3. The summed E-state index contributed by atoms with van der Waals surface area (Å²) in [5.41, 5.74) is 2.22. The number of pyridine rings is 1. The number of carboxylic acid groups (broad SMARTS) is 1. The first-order valence-electron chi connectivity index (χ1n) is 7.01. The summed E-state index contributed by atoms with van der Waals surface area (Å²) in [6.45, 7) is 2.45. The molecule has 1 N–H and O–H groups in total. The number of carboxylic acids is 1. The maximum Gasteiger partial charge on any atom is 0.307 e. The number of aliphatic carboxylic acids is 1. The smallest absolute Gasteiger partial charge is 0.307 e. The predicted octanol–water partition coefficient (Wildman–Crippen LogP) is 2.53. The lowest BCUT2D eigenvalue weighted by molar-refractivity contribution is -0.143. The van der Waals surface area contributed by atoms with E-state index in [9.17, 15) is 4.79 Å². The van der Waals surface area contributed by atoms with Crippen LogP contribution in [0.3, 0.4) is 0 Å². The van der Waals surface area contributed by atoms with Gasteiger partial charge in [0.1, 0.15) is 0 Å². The van der Waals surface area contributed by atoms with Crippen molar-refractivity contribution in [3.05, 3.63) is 42.1 Å². The van der Waals surface area contributed by atoms with Crippen molar-refractivity contribution >= 4 is 16.9 Å². The van der Waals surface area contributed by atoms with E-state index in [-0.39, 0.29) is 5.92 Å². The van der Waals surface area contributed by atoms with Crippen LogP contribution in [-0.4, -0.2) is 34.0 Å². The Morgan fingerprint density at radius 1 is 1.40 bits per heavy atom. The van der Waals surface area contributed by atoms with Gasteiger partial charge in [-0.15, -0.1) is 0 Å². The third kappa shape index (κ3) is 2.80. The number of rotatable bonds is 3. The van der Waals surface area contributed by atoms with Gasteiger partial charge in [-0.2, -0.15) is 0 Å². The number of benzene rings is 1. The van der Waals surface area contributed by atoms with E-state index < -0.39 is 5.97 Å². The van der Waals surface area contributed by atoms with E-state index in [2.05, 4.69) is 28.1 Å². The molecular formula is C16H18N2O2. The van der Waals surface area contributed by atoms with Gasteiger partial charge in [-0.1, -0.05) is 12.1 Å². The van der Waals surface area contributed by atoms with Crippen LogP contribution in [0.1, 0.15) is 18.4 Å². The summed E-state index contributed by atoms with van der Waals surface area (Å²) in [4.78, 5) is 17.6. The highest BCUT2D eigenvalue weighted by Crippen LogP contribution is 2.20. The topological polar surface area (TPSA) is 53.4 Å². The Kier molecular flexibility index (Phi) is 3.65. The van der Waals surface area contributed by atoms with Crippen LogP contribution in [0.15, 0.2) is 36.5 Å². The van der Waals surface area contributed by atoms with Gasteiger partial charge in [0.15, 0.2) is 0 Å². The lowest BCUT2D eigenvalue weighted by Crippen LogP contribution is -2.38. The molecule has 2 heterocycles. The maximum atomic E-state index is 11.1. The van der Waals surface area contributed by atoms with Gasteiger partial charge in [0, 0.05) is 24.7 Å². The quantitative estimate of drug-likeness (QED) is 0.931. The molecule has 0 aliphatic carbocycles. The highest BCUT2D eigenvalue weighted by Gasteiger charge is 2.25. The van der Waals surface area contributed by atoms with Crippen molar-refractivity contribution in [3.8, 4) is 0 Å². The Morgan fingerprint density at radius 2 is 2.30 bits per heavy atom. The molecule has 0 amide bonds. The minimum atomic E-state index is -0.669. The summed E-state index contributed by atoms with van der Waals surface area (Å²) < 4.78 is 0. The molecule has 20 heavy (non-hydrogen) atoms. The molecule has 104 valence electrons. The number of piperidine rings is 1. The van der Waals surface area contributed by atoms with Gasteiger partial charge in [-0.25, -0.2) is 0 Å². The van der Waals surface area contributed by atoms with Crippen molar-refractivity contribution in [3.63, 3.8) is 0 Å². The zero-order valence-electron chi connectivity index (χ0n) is 11.3. The Hall–Kier alpha value is -1.94. The molecule has 0 saturated carbocycles. The number of hydrogen-bond acceptors (Lipinski definition) is 3. The Labute approximate surface area is 118 Å². The van der Waals surface area contributed by atoms with Gasteiger partial charge in [0.25, 0.3) is 0 Å². The monoisotopic (exact) mass is 270 g/mol. The molecule has 1 aromatic carbocycles. The third-order valence-corrected chi connectivity index (χ3v) is 3.93. The molecule has 1 unspecified atom stereocenters. The van der Waals surface area contributed by atoms with Crippen molar-refractivity contribution in [2.75, 3.05) is 13.1 Å². The van der Waals surface area contributed by atoms with E-state index >= 15 is 0 Å². The summed E-state index contributed by atoms with van der Waals surface area (Å²) in [5.74, 6) is -0.886. The van der Waals surface area contributed by atoms with Crippen LogP contribution in [0.5, 0.6) is 0 Å². The van der Waals surface area contributed by atoms with E-state index in [4.69, 9.17) is 5.11 Å². The fourth-order valence-electron chi connectivity index (χ4n) is 2.88. The summed E-state index contributed by atoms with van der Waals surface area (Å²) in [5, 5.41) is 10.3. The molecule has 1 aromatic heterocycles. The number of hydrogen-bond donors (Lipinski definition) is 1. The highest BCUT2D eigenvalue weighted by atomic mass is 16.4. The van der Waals surface area contributed by atoms with E-state index in [0.29, 0.717) is 6.54 Å². The number of aromatic nitrogens is 1. The first kappa shape index (κ1) is 13.1. The van der Waals surface area contributed by atoms with Crippen molar-refractivity contribution in [2.24, 2.45) is 5.92 Å². The predicted molar refractivity (Wildman–Crippen MR) is 77.4 cm³/mol. The average molecular weight is 270 g/mol. The Bertz CT molecular complexity index is 627. The number of fused-ring (bicyclic) bond motifs is 1. The van der Waals surface area contributed by atoms with Crippen molar-refractivity contribution in [1.29, 1.82) is 0 Å². The standard InChI is InChI=1S/C16H18N2O2/c19-16(20)14-4-2-8-18(11-14)10-12-5-6-15-13(9-12)3-1-7-17-15/h1,3,5-7,9,14H,2,4,8,10-11H2,(H,19,20). The van der Waals surface area contributed by atoms with Crippen LogP contribution in [0.4, 0.5) is 0 Å². The zero-order valence-corrected chi connectivity index (χ0v) is 11.3. The normalized spacial score (nSPS) is 20.1. The largest absolute Gasteiger partial charge is 0.481 e. The molecule has 1 saturated heterocycles. The molecule has 1 aliphatic heterocycles. The van der Waals surface area contributed by atoms with Gasteiger partial charge in [0.2, 0.25) is 0 Å². The molecule has 3 rings (SSSR count).